The Morgan fingerprint density at radius 2 is 2.27 bits per heavy atom. The lowest BCUT2D eigenvalue weighted by Crippen LogP contribution is -2.45. The van der Waals surface area contributed by atoms with Crippen molar-refractivity contribution in [2.45, 2.75) is 37.6 Å². The molecule has 1 atom stereocenters. The van der Waals surface area contributed by atoms with Gasteiger partial charge in [-0.3, -0.25) is 4.79 Å². The average molecular weight is 220 g/mol. The average Bonchev–Trinajstić information content (AvgIpc) is 1.94. The molecule has 0 unspecified atom stereocenters. The first-order chi connectivity index (χ1) is 5.13. The van der Waals surface area contributed by atoms with Crippen LogP contribution in [0.1, 0.15) is 26.7 Å². The summed E-state index contributed by atoms with van der Waals surface area (Å²) in [6.07, 6.45) is 2.11. The second kappa shape index (κ2) is 3.57. The number of rotatable bonds is 1. The fourth-order valence-corrected chi connectivity index (χ4v) is 1.95. The van der Waals surface area contributed by atoms with Gasteiger partial charge >= 0.3 is 0 Å². The maximum absolute atomic E-state index is 11.4. The molecule has 0 bridgehead atoms. The molecule has 1 aliphatic heterocycles. The molecule has 0 aromatic carbocycles. The Bertz CT molecular complexity index is 158. The third-order valence-corrected chi connectivity index (χ3v) is 2.88. The molecule has 3 heteroatoms. The van der Waals surface area contributed by atoms with Gasteiger partial charge in [0.05, 0.1) is 4.83 Å². The first-order valence-corrected chi connectivity index (χ1v) is 4.99. The molecule has 0 saturated carbocycles. The minimum atomic E-state index is 0.0682. The molecule has 0 spiro atoms. The van der Waals surface area contributed by atoms with Gasteiger partial charge in [-0.05, 0) is 26.7 Å². The molecular formula is C8H14BrNO. The van der Waals surface area contributed by atoms with Crippen molar-refractivity contribution in [2.75, 3.05) is 6.54 Å². The number of hydrogen-bond acceptors (Lipinski definition) is 1. The maximum atomic E-state index is 11.4. The molecule has 0 N–H and O–H groups in total. The molecule has 0 aliphatic carbocycles. The summed E-state index contributed by atoms with van der Waals surface area (Å²) in [5.74, 6) is 0.256. The molecule has 1 fully saturated rings. The lowest BCUT2D eigenvalue weighted by Gasteiger charge is -2.32. The van der Waals surface area contributed by atoms with Gasteiger partial charge < -0.3 is 4.90 Å². The predicted molar refractivity (Wildman–Crippen MR) is 48.8 cm³/mol. The Balaban J connectivity index is 2.58. The standard InChI is InChI=1S/C8H14BrNO/c1-6(2)10-5-3-4-7(9)8(10)11/h6-7H,3-5H2,1-2H3/t7-/m1/s1. The fourth-order valence-electron chi connectivity index (χ4n) is 1.37. The maximum Gasteiger partial charge on any atom is 0.236 e. The van der Waals surface area contributed by atoms with Crippen molar-refractivity contribution in [3.05, 3.63) is 0 Å². The highest BCUT2D eigenvalue weighted by atomic mass is 79.9. The van der Waals surface area contributed by atoms with E-state index < -0.39 is 0 Å². The summed E-state index contributed by atoms with van der Waals surface area (Å²) in [6, 6.07) is 0.350. The van der Waals surface area contributed by atoms with Crippen LogP contribution in [0.2, 0.25) is 0 Å². The zero-order valence-corrected chi connectivity index (χ0v) is 8.60. The SMILES string of the molecule is CC(C)N1CCC[C@@H](Br)C1=O. The molecule has 1 rings (SSSR count). The van der Waals surface area contributed by atoms with Crippen molar-refractivity contribution < 1.29 is 4.79 Å². The minimum Gasteiger partial charge on any atom is -0.339 e. The van der Waals surface area contributed by atoms with Crippen LogP contribution in [0.15, 0.2) is 0 Å². The number of nitrogens with zero attached hydrogens (tertiary/aromatic N) is 1. The van der Waals surface area contributed by atoms with Crippen molar-refractivity contribution in [3.8, 4) is 0 Å². The molecular weight excluding hydrogens is 206 g/mol. The number of hydrogen-bond donors (Lipinski definition) is 0. The topological polar surface area (TPSA) is 20.3 Å². The van der Waals surface area contributed by atoms with Crippen LogP contribution in [-0.4, -0.2) is 28.2 Å². The molecule has 64 valence electrons. The molecule has 1 heterocycles. The molecule has 1 saturated heterocycles. The molecule has 0 aromatic rings. The largest absolute Gasteiger partial charge is 0.339 e. The predicted octanol–water partition coefficient (Wildman–Crippen LogP) is 1.78. The highest BCUT2D eigenvalue weighted by molar-refractivity contribution is 9.10. The first kappa shape index (κ1) is 9.04. The van der Waals surface area contributed by atoms with Gasteiger partial charge in [-0.2, -0.15) is 0 Å². The quantitative estimate of drug-likeness (QED) is 0.617. The van der Waals surface area contributed by atoms with Crippen LogP contribution in [0.3, 0.4) is 0 Å². The Kier molecular flexibility index (Phi) is 2.93. The highest BCUT2D eigenvalue weighted by Gasteiger charge is 2.27. The van der Waals surface area contributed by atoms with Gasteiger partial charge in [0.2, 0.25) is 5.91 Å². The van der Waals surface area contributed by atoms with Gasteiger partial charge in [0.1, 0.15) is 0 Å². The Morgan fingerprint density at radius 1 is 1.64 bits per heavy atom. The van der Waals surface area contributed by atoms with Crippen LogP contribution in [0, 0.1) is 0 Å². The summed E-state index contributed by atoms with van der Waals surface area (Å²) in [7, 11) is 0. The van der Waals surface area contributed by atoms with Gasteiger partial charge in [-0.15, -0.1) is 0 Å². The van der Waals surface area contributed by atoms with Crippen molar-refractivity contribution in [1.29, 1.82) is 0 Å². The van der Waals surface area contributed by atoms with Crippen LogP contribution in [0.5, 0.6) is 0 Å². The summed E-state index contributed by atoms with van der Waals surface area (Å²) < 4.78 is 0. The number of piperidine rings is 1. The lowest BCUT2D eigenvalue weighted by molar-refractivity contribution is -0.134. The van der Waals surface area contributed by atoms with E-state index in [1.54, 1.807) is 0 Å². The fraction of sp³-hybridized carbons (Fsp3) is 0.875. The number of carbonyl (C=O) groups is 1. The van der Waals surface area contributed by atoms with Gasteiger partial charge in [0.25, 0.3) is 0 Å². The van der Waals surface area contributed by atoms with E-state index >= 15 is 0 Å². The molecule has 0 aromatic heterocycles. The van der Waals surface area contributed by atoms with E-state index in [1.165, 1.54) is 0 Å². The van der Waals surface area contributed by atoms with E-state index in [4.69, 9.17) is 0 Å². The summed E-state index contributed by atoms with van der Waals surface area (Å²) in [4.78, 5) is 13.4. The Hall–Kier alpha value is -0.0500. The lowest BCUT2D eigenvalue weighted by atomic mass is 10.1. The number of alkyl halides is 1. The summed E-state index contributed by atoms with van der Waals surface area (Å²) in [6.45, 7) is 5.05. The second-order valence-electron chi connectivity index (χ2n) is 3.24. The van der Waals surface area contributed by atoms with E-state index in [2.05, 4.69) is 29.8 Å². The van der Waals surface area contributed by atoms with Crippen molar-refractivity contribution in [1.82, 2.24) is 4.90 Å². The van der Waals surface area contributed by atoms with Gasteiger partial charge in [0.15, 0.2) is 0 Å². The zero-order valence-electron chi connectivity index (χ0n) is 7.01. The normalized spacial score (nSPS) is 26.4. The van der Waals surface area contributed by atoms with E-state index in [-0.39, 0.29) is 10.7 Å². The Labute approximate surface area is 76.1 Å². The van der Waals surface area contributed by atoms with Crippen LogP contribution in [-0.2, 0) is 4.79 Å². The van der Waals surface area contributed by atoms with Crippen LogP contribution in [0.25, 0.3) is 0 Å². The Morgan fingerprint density at radius 3 is 2.73 bits per heavy atom. The number of halogens is 1. The molecule has 2 nitrogen and oxygen atoms in total. The molecule has 1 amide bonds. The van der Waals surface area contributed by atoms with Crippen LogP contribution >= 0.6 is 15.9 Å². The van der Waals surface area contributed by atoms with Crippen molar-refractivity contribution >= 4 is 21.8 Å². The van der Waals surface area contributed by atoms with E-state index in [0.717, 1.165) is 19.4 Å². The van der Waals surface area contributed by atoms with Crippen LogP contribution in [0.4, 0.5) is 0 Å². The van der Waals surface area contributed by atoms with E-state index in [9.17, 15) is 4.79 Å². The van der Waals surface area contributed by atoms with Gasteiger partial charge in [-0.1, -0.05) is 15.9 Å². The number of amides is 1. The first-order valence-electron chi connectivity index (χ1n) is 4.07. The minimum absolute atomic E-state index is 0.0682. The van der Waals surface area contributed by atoms with Gasteiger partial charge in [0, 0.05) is 12.6 Å². The van der Waals surface area contributed by atoms with Crippen molar-refractivity contribution in [2.24, 2.45) is 0 Å². The summed E-state index contributed by atoms with van der Waals surface area (Å²) >= 11 is 3.37. The van der Waals surface area contributed by atoms with E-state index in [0.29, 0.717) is 6.04 Å². The highest BCUT2D eigenvalue weighted by Crippen LogP contribution is 2.19. The third-order valence-electron chi connectivity index (χ3n) is 2.03. The van der Waals surface area contributed by atoms with Crippen LogP contribution < -0.4 is 0 Å². The number of carbonyl (C=O) groups excluding carboxylic acids is 1. The van der Waals surface area contributed by atoms with E-state index in [1.807, 2.05) is 4.90 Å². The van der Waals surface area contributed by atoms with Crippen molar-refractivity contribution in [3.63, 3.8) is 0 Å². The smallest absolute Gasteiger partial charge is 0.236 e. The third kappa shape index (κ3) is 1.95. The monoisotopic (exact) mass is 219 g/mol. The molecule has 1 aliphatic rings. The summed E-state index contributed by atoms with van der Waals surface area (Å²) in [5.41, 5.74) is 0. The number of likely N-dealkylation sites (tertiary alicyclic amines) is 1. The molecule has 11 heavy (non-hydrogen) atoms. The van der Waals surface area contributed by atoms with Gasteiger partial charge in [-0.25, -0.2) is 0 Å². The molecule has 0 radical (unpaired) electrons. The summed E-state index contributed by atoms with van der Waals surface area (Å²) in [5, 5.41) is 0. The second-order valence-corrected chi connectivity index (χ2v) is 4.34. The zero-order chi connectivity index (χ0) is 8.43.